The van der Waals surface area contributed by atoms with Crippen LogP contribution in [0.1, 0.15) is 0 Å². The van der Waals surface area contributed by atoms with Crippen molar-refractivity contribution in [1.29, 1.82) is 0 Å². The Morgan fingerprint density at radius 2 is 1.82 bits per heavy atom. The minimum atomic E-state index is -0.519. The molecule has 2 rings (SSSR count). The number of nitro groups is 1. The Morgan fingerprint density at radius 3 is 2.47 bits per heavy atom. The molecule has 2 aromatic carbocycles. The molecule has 0 amide bonds. The summed E-state index contributed by atoms with van der Waals surface area (Å²) in [6.07, 6.45) is 0. The fourth-order valence-electron chi connectivity index (χ4n) is 1.38. The van der Waals surface area contributed by atoms with Crippen molar-refractivity contribution in [2.24, 2.45) is 0 Å². The monoisotopic (exact) mass is 230 g/mol. The van der Waals surface area contributed by atoms with Gasteiger partial charge in [-0.1, -0.05) is 18.2 Å². The van der Waals surface area contributed by atoms with Gasteiger partial charge in [0.1, 0.15) is 5.75 Å². The molecule has 0 aliphatic heterocycles. The first kappa shape index (κ1) is 10.9. The number of anilines is 1. The maximum Gasteiger partial charge on any atom is 0.313 e. The van der Waals surface area contributed by atoms with Crippen molar-refractivity contribution in [3.05, 3.63) is 58.6 Å². The molecule has 0 saturated heterocycles. The van der Waals surface area contributed by atoms with E-state index in [1.807, 2.05) is 6.07 Å². The van der Waals surface area contributed by atoms with Gasteiger partial charge in [-0.15, -0.1) is 0 Å². The zero-order valence-corrected chi connectivity index (χ0v) is 8.87. The van der Waals surface area contributed by atoms with Crippen LogP contribution in [-0.4, -0.2) is 4.92 Å². The molecular formula is C12H10N2O3. The second-order valence-electron chi connectivity index (χ2n) is 3.40. The van der Waals surface area contributed by atoms with Crippen molar-refractivity contribution in [1.82, 2.24) is 0 Å². The quantitative estimate of drug-likeness (QED) is 0.499. The highest BCUT2D eigenvalue weighted by Crippen LogP contribution is 2.32. The van der Waals surface area contributed by atoms with Gasteiger partial charge in [-0.25, -0.2) is 0 Å². The van der Waals surface area contributed by atoms with Crippen molar-refractivity contribution in [3.8, 4) is 11.5 Å². The van der Waals surface area contributed by atoms with Crippen LogP contribution in [0.4, 0.5) is 11.4 Å². The molecule has 0 aliphatic rings. The number of para-hydroxylation sites is 1. The number of nitrogens with zero attached hydrogens (tertiary/aromatic N) is 1. The molecule has 2 aromatic rings. The van der Waals surface area contributed by atoms with Crippen molar-refractivity contribution >= 4 is 11.4 Å². The number of hydrogen-bond acceptors (Lipinski definition) is 4. The fraction of sp³-hybridized carbons (Fsp3) is 0. The highest BCUT2D eigenvalue weighted by atomic mass is 16.6. The first-order valence-corrected chi connectivity index (χ1v) is 4.93. The molecular weight excluding hydrogens is 220 g/mol. The molecule has 5 heteroatoms. The lowest BCUT2D eigenvalue weighted by Crippen LogP contribution is -1.95. The zero-order valence-electron chi connectivity index (χ0n) is 8.87. The number of ether oxygens (including phenoxy) is 1. The van der Waals surface area contributed by atoms with Crippen LogP contribution in [-0.2, 0) is 0 Å². The van der Waals surface area contributed by atoms with Crippen molar-refractivity contribution in [2.75, 3.05) is 5.73 Å². The lowest BCUT2D eigenvalue weighted by molar-refractivity contribution is -0.385. The Bertz CT molecular complexity index is 541. The molecule has 0 aromatic heterocycles. The normalized spacial score (nSPS) is 9.88. The molecule has 0 unspecified atom stereocenters. The first-order chi connectivity index (χ1) is 8.16. The molecule has 0 fully saturated rings. The van der Waals surface area contributed by atoms with Crippen LogP contribution in [0.25, 0.3) is 0 Å². The van der Waals surface area contributed by atoms with Crippen molar-refractivity contribution in [3.63, 3.8) is 0 Å². The van der Waals surface area contributed by atoms with E-state index in [4.69, 9.17) is 10.5 Å². The highest BCUT2D eigenvalue weighted by Gasteiger charge is 2.15. The third-order valence-corrected chi connectivity index (χ3v) is 2.15. The topological polar surface area (TPSA) is 78.4 Å². The van der Waals surface area contributed by atoms with Crippen LogP contribution in [0.2, 0.25) is 0 Å². The third-order valence-electron chi connectivity index (χ3n) is 2.15. The van der Waals surface area contributed by atoms with E-state index in [9.17, 15) is 10.1 Å². The molecule has 17 heavy (non-hydrogen) atoms. The maximum absolute atomic E-state index is 10.8. The van der Waals surface area contributed by atoms with Gasteiger partial charge in [0.2, 0.25) is 5.75 Å². The molecule has 2 N–H and O–H groups in total. The summed E-state index contributed by atoms with van der Waals surface area (Å²) in [5.74, 6) is 0.718. The summed E-state index contributed by atoms with van der Waals surface area (Å²) < 4.78 is 5.43. The number of nitro benzene ring substituents is 1. The largest absolute Gasteiger partial charge is 0.450 e. The zero-order chi connectivity index (χ0) is 12.3. The number of nitrogen functional groups attached to an aromatic ring is 1. The summed E-state index contributed by atoms with van der Waals surface area (Å²) in [6.45, 7) is 0. The summed E-state index contributed by atoms with van der Waals surface area (Å²) in [6, 6.07) is 13.2. The Balaban J connectivity index is 2.36. The van der Waals surface area contributed by atoms with Crippen LogP contribution in [0.15, 0.2) is 48.5 Å². The minimum Gasteiger partial charge on any atom is -0.450 e. The van der Waals surface area contributed by atoms with Gasteiger partial charge in [0.05, 0.1) is 4.92 Å². The van der Waals surface area contributed by atoms with E-state index in [1.165, 1.54) is 12.1 Å². The molecule has 0 radical (unpaired) electrons. The van der Waals surface area contributed by atoms with Crippen LogP contribution < -0.4 is 10.5 Å². The summed E-state index contributed by atoms with van der Waals surface area (Å²) in [5.41, 5.74) is 5.68. The van der Waals surface area contributed by atoms with Crippen molar-refractivity contribution in [2.45, 2.75) is 0 Å². The predicted molar refractivity (Wildman–Crippen MR) is 64.0 cm³/mol. The molecule has 0 atom stereocenters. The fourth-order valence-corrected chi connectivity index (χ4v) is 1.38. The summed E-state index contributed by atoms with van der Waals surface area (Å²) in [4.78, 5) is 10.3. The lowest BCUT2D eigenvalue weighted by atomic mass is 10.2. The van der Waals surface area contributed by atoms with Gasteiger partial charge in [-0.2, -0.15) is 0 Å². The van der Waals surface area contributed by atoms with Crippen LogP contribution in [0.5, 0.6) is 11.5 Å². The average molecular weight is 230 g/mol. The van der Waals surface area contributed by atoms with Gasteiger partial charge in [0.15, 0.2) is 0 Å². The predicted octanol–water partition coefficient (Wildman–Crippen LogP) is 2.97. The van der Waals surface area contributed by atoms with Gasteiger partial charge in [-0.05, 0) is 24.3 Å². The molecule has 5 nitrogen and oxygen atoms in total. The molecule has 0 bridgehead atoms. The summed E-state index contributed by atoms with van der Waals surface area (Å²) in [5, 5.41) is 10.8. The summed E-state index contributed by atoms with van der Waals surface area (Å²) in [7, 11) is 0. The second-order valence-corrected chi connectivity index (χ2v) is 3.40. The van der Waals surface area contributed by atoms with E-state index in [-0.39, 0.29) is 11.4 Å². The first-order valence-electron chi connectivity index (χ1n) is 4.93. The maximum atomic E-state index is 10.8. The average Bonchev–Trinajstić information content (AvgIpc) is 2.32. The molecule has 0 heterocycles. The van der Waals surface area contributed by atoms with E-state index >= 15 is 0 Å². The van der Waals surface area contributed by atoms with E-state index in [2.05, 4.69) is 0 Å². The number of nitrogens with two attached hydrogens (primary N) is 1. The van der Waals surface area contributed by atoms with Crippen molar-refractivity contribution < 1.29 is 9.66 Å². The van der Waals surface area contributed by atoms with Crippen LogP contribution >= 0.6 is 0 Å². The van der Waals surface area contributed by atoms with Gasteiger partial charge >= 0.3 is 5.69 Å². The van der Waals surface area contributed by atoms with Gasteiger partial charge in [0, 0.05) is 11.8 Å². The molecule has 0 saturated carbocycles. The van der Waals surface area contributed by atoms with Gasteiger partial charge in [-0.3, -0.25) is 10.1 Å². The Hall–Kier alpha value is -2.56. The van der Waals surface area contributed by atoms with E-state index in [0.717, 1.165) is 0 Å². The molecule has 86 valence electrons. The van der Waals surface area contributed by atoms with Gasteiger partial charge in [0.25, 0.3) is 0 Å². The molecule has 0 spiro atoms. The number of hydrogen-bond donors (Lipinski definition) is 1. The second kappa shape index (κ2) is 4.52. The van der Waals surface area contributed by atoms with E-state index in [0.29, 0.717) is 11.4 Å². The third kappa shape index (κ3) is 2.52. The van der Waals surface area contributed by atoms with E-state index < -0.39 is 4.92 Å². The minimum absolute atomic E-state index is 0.145. The molecule has 0 aliphatic carbocycles. The van der Waals surface area contributed by atoms with E-state index in [1.54, 1.807) is 30.3 Å². The van der Waals surface area contributed by atoms with Crippen LogP contribution in [0.3, 0.4) is 0 Å². The summed E-state index contributed by atoms with van der Waals surface area (Å²) >= 11 is 0. The highest BCUT2D eigenvalue weighted by molar-refractivity contribution is 5.57. The standard InChI is InChI=1S/C12H10N2O3/c13-9-6-7-12(11(8-9)14(15)16)17-10-4-2-1-3-5-10/h1-8H,13H2. The van der Waals surface area contributed by atoms with Crippen LogP contribution in [0, 0.1) is 10.1 Å². The Labute approximate surface area is 97.6 Å². The SMILES string of the molecule is Nc1ccc(Oc2ccccc2)c([N+](=O)[O-])c1. The Kier molecular flexibility index (Phi) is 2.91. The Morgan fingerprint density at radius 1 is 1.12 bits per heavy atom. The number of rotatable bonds is 3. The smallest absolute Gasteiger partial charge is 0.313 e. The van der Waals surface area contributed by atoms with Gasteiger partial charge < -0.3 is 10.5 Å². The lowest BCUT2D eigenvalue weighted by Gasteiger charge is -2.06. The number of benzene rings is 2.